The smallest absolute Gasteiger partial charge is 0.323 e. The first-order valence-corrected chi connectivity index (χ1v) is 16.4. The maximum atomic E-state index is 14.4. The average Bonchev–Trinajstić information content (AvgIpc) is 3.38. The molecule has 13 heteroatoms. The van der Waals surface area contributed by atoms with Gasteiger partial charge in [-0.1, -0.05) is 30.3 Å². The molecule has 4 N–H and O–H groups in total. The fourth-order valence-electron chi connectivity index (χ4n) is 5.49. The van der Waals surface area contributed by atoms with E-state index in [0.29, 0.717) is 47.4 Å². The monoisotopic (exact) mass is 664 g/mol. The molecule has 3 aromatic rings. The van der Waals surface area contributed by atoms with Crippen molar-refractivity contribution in [2.45, 2.75) is 72.1 Å². The van der Waals surface area contributed by atoms with Crippen LogP contribution in [-0.2, 0) is 4.74 Å². The molecule has 0 saturated heterocycles. The van der Waals surface area contributed by atoms with Crippen molar-refractivity contribution in [3.8, 4) is 5.75 Å². The molecule has 0 fully saturated rings. The Bertz CT molecular complexity index is 1510. The number of carbonyl (C=O) groups is 3. The van der Waals surface area contributed by atoms with E-state index in [0.717, 1.165) is 19.3 Å². The molecule has 48 heavy (non-hydrogen) atoms. The molecular weight excluding hydrogens is 616 g/mol. The van der Waals surface area contributed by atoms with Crippen LogP contribution in [0.3, 0.4) is 0 Å². The molecule has 4 rings (SSSR count). The van der Waals surface area contributed by atoms with Crippen molar-refractivity contribution >= 4 is 35.0 Å². The van der Waals surface area contributed by atoms with Crippen LogP contribution in [0.25, 0.3) is 0 Å². The Labute approximate surface area is 281 Å². The van der Waals surface area contributed by atoms with E-state index in [2.05, 4.69) is 21.1 Å². The minimum atomic E-state index is -0.544. The number of fused-ring (bicyclic) bond motifs is 1. The Kier molecular flexibility index (Phi) is 12.8. The number of likely N-dealkylation sites (N-methyl/N-ethyl adjacent to an activating group) is 1. The fraction of sp³-hybridized carbons (Fsp3) is 0.486. The van der Waals surface area contributed by atoms with Gasteiger partial charge in [-0.25, -0.2) is 9.59 Å². The summed E-state index contributed by atoms with van der Waals surface area (Å²) >= 11 is 0. The topological polar surface area (TPSA) is 158 Å². The van der Waals surface area contributed by atoms with Gasteiger partial charge in [-0.2, -0.15) is 0 Å². The van der Waals surface area contributed by atoms with E-state index in [1.807, 2.05) is 44.2 Å². The summed E-state index contributed by atoms with van der Waals surface area (Å²) in [6.45, 7) is 9.85. The maximum Gasteiger partial charge on any atom is 0.323 e. The van der Waals surface area contributed by atoms with E-state index in [1.54, 1.807) is 55.8 Å². The van der Waals surface area contributed by atoms with Gasteiger partial charge in [0.15, 0.2) is 5.76 Å². The highest BCUT2D eigenvalue weighted by Crippen LogP contribution is 2.29. The third-order valence-corrected chi connectivity index (χ3v) is 8.41. The van der Waals surface area contributed by atoms with Crippen LogP contribution in [0.5, 0.6) is 5.75 Å². The number of hydrogen-bond acceptors (Lipinski definition) is 8. The highest BCUT2D eigenvalue weighted by molar-refractivity contribution is 6.03. The summed E-state index contributed by atoms with van der Waals surface area (Å²) in [5, 5.41) is 22.5. The number of benzene rings is 2. The fourth-order valence-corrected chi connectivity index (χ4v) is 5.49. The molecule has 13 nitrogen and oxygen atoms in total. The Balaban J connectivity index is 1.59. The SMILES string of the molecule is Cc1noc(C)c1NC(=O)Nc1ccc2c(c1)C(=O)N([C@H](C)CO)C[C@@H](C)[C@H](CN(C)C(=O)Nc1ccccc1)OCCCC[C@@H](C)O2. The maximum absolute atomic E-state index is 14.4. The van der Waals surface area contributed by atoms with Crippen molar-refractivity contribution in [2.24, 2.45) is 5.92 Å². The van der Waals surface area contributed by atoms with Gasteiger partial charge in [0, 0.05) is 44.0 Å². The molecule has 1 aromatic heterocycles. The molecule has 0 unspecified atom stereocenters. The van der Waals surface area contributed by atoms with Gasteiger partial charge in [-0.05, 0) is 77.3 Å². The van der Waals surface area contributed by atoms with Gasteiger partial charge in [0.2, 0.25) is 0 Å². The molecule has 260 valence electrons. The number of hydrogen-bond donors (Lipinski definition) is 4. The first-order chi connectivity index (χ1) is 23.0. The Morgan fingerprint density at radius 3 is 2.50 bits per heavy atom. The summed E-state index contributed by atoms with van der Waals surface area (Å²) in [5.41, 5.74) is 2.32. The van der Waals surface area contributed by atoms with Gasteiger partial charge in [0.1, 0.15) is 17.1 Å². The zero-order valence-corrected chi connectivity index (χ0v) is 28.6. The van der Waals surface area contributed by atoms with E-state index in [9.17, 15) is 19.5 Å². The van der Waals surface area contributed by atoms with Gasteiger partial charge in [-0.3, -0.25) is 4.79 Å². The normalized spacial score (nSPS) is 19.7. The lowest BCUT2D eigenvalue weighted by Crippen LogP contribution is -2.48. The highest BCUT2D eigenvalue weighted by Gasteiger charge is 2.31. The number of aliphatic hydroxyl groups is 1. The van der Waals surface area contributed by atoms with Crippen LogP contribution in [0.4, 0.5) is 26.7 Å². The number of carbonyl (C=O) groups excluding carboxylic acids is 3. The lowest BCUT2D eigenvalue weighted by Gasteiger charge is -2.35. The van der Waals surface area contributed by atoms with Crippen molar-refractivity contribution in [3.05, 3.63) is 65.5 Å². The van der Waals surface area contributed by atoms with Crippen LogP contribution >= 0.6 is 0 Å². The number of anilines is 3. The third kappa shape index (κ3) is 9.71. The summed E-state index contributed by atoms with van der Waals surface area (Å²) in [4.78, 5) is 43.5. The zero-order valence-electron chi connectivity index (χ0n) is 28.6. The van der Waals surface area contributed by atoms with E-state index >= 15 is 0 Å². The molecule has 2 aromatic carbocycles. The largest absolute Gasteiger partial charge is 0.490 e. The van der Waals surface area contributed by atoms with E-state index in [1.165, 1.54) is 0 Å². The second-order valence-electron chi connectivity index (χ2n) is 12.5. The molecule has 1 aliphatic rings. The first-order valence-electron chi connectivity index (χ1n) is 16.4. The van der Waals surface area contributed by atoms with Gasteiger partial charge < -0.3 is 44.9 Å². The number of rotatable bonds is 7. The first kappa shape index (κ1) is 36.2. The molecule has 4 atom stereocenters. The summed E-state index contributed by atoms with van der Waals surface area (Å²) in [5.74, 6) is 0.265. The molecule has 0 spiro atoms. The lowest BCUT2D eigenvalue weighted by molar-refractivity contribution is -0.0115. The quantitative estimate of drug-likeness (QED) is 0.243. The Hall–Kier alpha value is -4.62. The number of ether oxygens (including phenoxy) is 2. The van der Waals surface area contributed by atoms with Gasteiger partial charge in [0.25, 0.3) is 5.91 Å². The minimum absolute atomic E-state index is 0.201. The molecule has 0 saturated carbocycles. The van der Waals surface area contributed by atoms with Gasteiger partial charge in [0.05, 0.1) is 30.4 Å². The molecule has 0 bridgehead atoms. The van der Waals surface area contributed by atoms with Crippen LogP contribution in [0, 0.1) is 19.8 Å². The second-order valence-corrected chi connectivity index (χ2v) is 12.5. The van der Waals surface area contributed by atoms with Crippen LogP contribution in [0.1, 0.15) is 61.8 Å². The van der Waals surface area contributed by atoms with E-state index in [-0.39, 0.29) is 42.7 Å². The van der Waals surface area contributed by atoms with Crippen LogP contribution in [0.15, 0.2) is 53.1 Å². The van der Waals surface area contributed by atoms with Crippen molar-refractivity contribution in [1.29, 1.82) is 0 Å². The van der Waals surface area contributed by atoms with Crippen LogP contribution in [-0.4, -0.2) is 89.6 Å². The number of urea groups is 2. The molecule has 5 amide bonds. The van der Waals surface area contributed by atoms with Crippen molar-refractivity contribution in [2.75, 3.05) is 49.3 Å². The van der Waals surface area contributed by atoms with Crippen molar-refractivity contribution < 1.29 is 33.5 Å². The number of nitrogens with zero attached hydrogens (tertiary/aromatic N) is 3. The van der Waals surface area contributed by atoms with Crippen LogP contribution < -0.4 is 20.7 Å². The van der Waals surface area contributed by atoms with Crippen molar-refractivity contribution in [1.82, 2.24) is 15.0 Å². The molecule has 1 aliphatic heterocycles. The number of nitrogens with one attached hydrogen (secondary N) is 3. The minimum Gasteiger partial charge on any atom is -0.490 e. The standard InChI is InChI=1S/C35H48N6O7/c1-22-19-41(23(2)21-42)33(43)29-18-28(36-34(44)38-32-25(4)39-48-26(32)5)15-16-30(29)47-24(3)12-10-11-17-46-31(22)20-40(6)35(45)37-27-13-8-7-9-14-27/h7-9,13-16,18,22-24,31,42H,10-12,17,19-21H2,1-6H3,(H,37,45)(H2,36,38,44)/t22-,23-,24-,31+/m1/s1. The summed E-state index contributed by atoms with van der Waals surface area (Å²) in [7, 11) is 1.71. The van der Waals surface area contributed by atoms with Crippen molar-refractivity contribution in [3.63, 3.8) is 0 Å². The molecular formula is C35H48N6O7. The van der Waals surface area contributed by atoms with Gasteiger partial charge >= 0.3 is 12.1 Å². The van der Waals surface area contributed by atoms with Crippen LogP contribution in [0.2, 0.25) is 0 Å². The second kappa shape index (κ2) is 17.0. The van der Waals surface area contributed by atoms with E-state index in [4.69, 9.17) is 14.0 Å². The predicted molar refractivity (Wildman–Crippen MR) is 184 cm³/mol. The lowest BCUT2D eigenvalue weighted by atomic mass is 10.0. The average molecular weight is 665 g/mol. The molecule has 0 aliphatic carbocycles. The predicted octanol–water partition coefficient (Wildman–Crippen LogP) is 5.89. The summed E-state index contributed by atoms with van der Waals surface area (Å²) in [6, 6.07) is 12.8. The molecule has 2 heterocycles. The number of aromatic nitrogens is 1. The Morgan fingerprint density at radius 1 is 1.06 bits per heavy atom. The zero-order chi connectivity index (χ0) is 34.8. The Morgan fingerprint density at radius 2 is 1.81 bits per heavy atom. The highest BCUT2D eigenvalue weighted by atomic mass is 16.5. The number of para-hydroxylation sites is 1. The van der Waals surface area contributed by atoms with E-state index < -0.39 is 18.2 Å². The number of aryl methyl sites for hydroxylation is 2. The third-order valence-electron chi connectivity index (χ3n) is 8.41. The number of aliphatic hydroxyl groups excluding tert-OH is 1. The molecule has 0 radical (unpaired) electrons. The summed E-state index contributed by atoms with van der Waals surface area (Å²) < 4.78 is 17.8. The summed E-state index contributed by atoms with van der Waals surface area (Å²) in [6.07, 6.45) is 1.77. The van der Waals surface area contributed by atoms with Gasteiger partial charge in [-0.15, -0.1) is 0 Å². The number of amides is 5.